The second-order valence-electron chi connectivity index (χ2n) is 23.7. The number of esters is 1. The third-order valence-electron chi connectivity index (χ3n) is 18.6. The maximum atomic E-state index is 12.6. The quantitative estimate of drug-likeness (QED) is 0.0753. The fourth-order valence-corrected chi connectivity index (χ4v) is 14.6. The van der Waals surface area contributed by atoms with Crippen LogP contribution in [-0.4, -0.2) is 209 Å². The van der Waals surface area contributed by atoms with Gasteiger partial charge in [-0.05, 0) is 107 Å². The lowest BCUT2D eigenvalue weighted by Gasteiger charge is -2.58. The van der Waals surface area contributed by atoms with Crippen LogP contribution in [0.1, 0.15) is 112 Å². The van der Waals surface area contributed by atoms with Crippen LogP contribution in [0.15, 0.2) is 11.6 Å². The van der Waals surface area contributed by atoms with E-state index in [2.05, 4.69) is 19.9 Å². The van der Waals surface area contributed by atoms with Gasteiger partial charge in [0.05, 0.1) is 50.0 Å². The molecule has 0 aromatic heterocycles. The maximum Gasteiger partial charge on any atom is 0.308 e. The summed E-state index contributed by atoms with van der Waals surface area (Å²) in [7, 11) is 0. The van der Waals surface area contributed by atoms with E-state index in [4.69, 9.17) is 47.7 Å². The number of carbonyl (C=O) groups is 2. The highest BCUT2D eigenvalue weighted by Crippen LogP contribution is 2.70. The molecule has 0 amide bonds. The van der Waals surface area contributed by atoms with Crippen LogP contribution >= 0.6 is 0 Å². The van der Waals surface area contributed by atoms with E-state index in [1.165, 1.54) is 19.4 Å². The maximum absolute atomic E-state index is 12.6. The molecule has 410 valence electrons. The third kappa shape index (κ3) is 10.1. The van der Waals surface area contributed by atoms with E-state index in [0.29, 0.717) is 43.4 Å². The summed E-state index contributed by atoms with van der Waals surface area (Å²) in [6.45, 7) is 7.92. The number of aliphatic hydroxyl groups is 10. The summed E-state index contributed by atoms with van der Waals surface area (Å²) in [5.74, 6) is -1.17. The van der Waals surface area contributed by atoms with Crippen LogP contribution in [0.2, 0.25) is 0 Å². The van der Waals surface area contributed by atoms with Gasteiger partial charge >= 0.3 is 11.9 Å². The molecule has 22 heteroatoms. The number of fused-ring (bicyclic) bond motifs is 7. The van der Waals surface area contributed by atoms with Crippen molar-refractivity contribution in [3.63, 3.8) is 0 Å². The largest absolute Gasteiger partial charge is 0.481 e. The minimum atomic E-state index is -1.85. The van der Waals surface area contributed by atoms with Crippen LogP contribution in [0.4, 0.5) is 0 Å². The van der Waals surface area contributed by atoms with Gasteiger partial charge in [0.2, 0.25) is 0 Å². The van der Waals surface area contributed by atoms with E-state index in [-0.39, 0.29) is 29.5 Å². The van der Waals surface area contributed by atoms with Gasteiger partial charge in [-0.2, -0.15) is 0 Å². The average molecular weight is 1030 g/mol. The standard InChI is InChI=1S/C50H78O22/c1-22-34(56)36(58)38(60)43(65-22)70-42-40(62)41(69-44-39(61)37(59)35(57)30(19-51)67-44)31(20-52)68-45(42)66-24-8-10-48(4)23(14-24)6-7-25-26(48)9-11-49(5)27(25)15-29-28(49)16-50(71-29)13-12-47(3,72-50)21-64-33(55)18-46(2,63)17-32(53)54/h6,22,24-31,34-45,51-52,56-63H,7-21H2,1-5H3,(H,53,54)/t22-,24-,25+,26-,27-,28-,29-,30+,31+,34-,35+,36+,37-,38+,39+,40-,41+,42+,43-,44-,45+,46-,47+,48-,49-,50-/m0/s1. The van der Waals surface area contributed by atoms with Crippen molar-refractivity contribution in [2.75, 3.05) is 19.8 Å². The molecule has 5 aliphatic heterocycles. The Kier molecular flexibility index (Phi) is 15.5. The molecule has 5 saturated heterocycles. The summed E-state index contributed by atoms with van der Waals surface area (Å²) >= 11 is 0. The molecule has 9 rings (SSSR count). The van der Waals surface area contributed by atoms with Crippen molar-refractivity contribution in [3.05, 3.63) is 11.6 Å². The van der Waals surface area contributed by atoms with Gasteiger partial charge in [0.1, 0.15) is 79.4 Å². The first-order valence-corrected chi connectivity index (χ1v) is 25.9. The number of allylic oxidation sites excluding steroid dienone is 1. The Bertz CT molecular complexity index is 1990. The Labute approximate surface area is 418 Å². The molecule has 11 N–H and O–H groups in total. The SMILES string of the molecule is C[C@@H]1O[C@@H](O[C@H]2[C@H](O[C@H]3CC[C@@]4(C)C(=CC[C@H]5[C@@H]6C[C@@H]7O[C@]8(CC[C@](C)(COC(=O)C[C@@](C)(O)CC(=O)O)O8)C[C@@H]7[C@@]6(C)CC[C@@H]54)C3)O[C@H](CO)[C@@H](O[C@@H]3O[C@H](CO)[C@@H](O)[C@H](O)[C@H]3O)[C@@H]2O)[C@H](O)[C@H](O)[C@H]1O. The van der Waals surface area contributed by atoms with Gasteiger partial charge in [0.25, 0.3) is 0 Å². The Hall–Kier alpha value is -2.04. The van der Waals surface area contributed by atoms with E-state index >= 15 is 0 Å². The number of rotatable bonds is 14. The van der Waals surface area contributed by atoms with Crippen LogP contribution in [0.5, 0.6) is 0 Å². The zero-order chi connectivity index (χ0) is 52.0. The smallest absolute Gasteiger partial charge is 0.308 e. The van der Waals surface area contributed by atoms with Gasteiger partial charge in [-0.25, -0.2) is 0 Å². The van der Waals surface area contributed by atoms with E-state index in [0.717, 1.165) is 38.5 Å². The van der Waals surface area contributed by atoms with Gasteiger partial charge in [0, 0.05) is 12.8 Å². The highest BCUT2D eigenvalue weighted by Gasteiger charge is 2.68. The molecule has 5 heterocycles. The first-order chi connectivity index (χ1) is 33.8. The summed E-state index contributed by atoms with van der Waals surface area (Å²) in [4.78, 5) is 23.7. The number of carboxylic acid groups (broad SMARTS) is 1. The Morgan fingerprint density at radius 1 is 0.736 bits per heavy atom. The fourth-order valence-electron chi connectivity index (χ4n) is 14.6. The number of aliphatic hydroxyl groups excluding tert-OH is 9. The first kappa shape index (κ1) is 54.7. The highest BCUT2D eigenvalue weighted by molar-refractivity contribution is 5.73. The summed E-state index contributed by atoms with van der Waals surface area (Å²) < 4.78 is 55.5. The van der Waals surface area contributed by atoms with Crippen LogP contribution in [0, 0.1) is 34.5 Å². The van der Waals surface area contributed by atoms with Gasteiger partial charge < -0.3 is 98.8 Å². The molecule has 0 aromatic rings. The van der Waals surface area contributed by atoms with E-state index in [9.17, 15) is 60.7 Å². The van der Waals surface area contributed by atoms with Crippen molar-refractivity contribution in [2.24, 2.45) is 34.5 Å². The van der Waals surface area contributed by atoms with Crippen molar-refractivity contribution in [1.29, 1.82) is 0 Å². The Balaban J connectivity index is 0.858. The van der Waals surface area contributed by atoms with Crippen molar-refractivity contribution in [3.8, 4) is 0 Å². The summed E-state index contributed by atoms with van der Waals surface area (Å²) in [5.41, 5.74) is -1.38. The highest BCUT2D eigenvalue weighted by atomic mass is 16.8. The number of carboxylic acids is 1. The molecule has 22 nitrogen and oxygen atoms in total. The van der Waals surface area contributed by atoms with Crippen LogP contribution in [0.25, 0.3) is 0 Å². The lowest BCUT2D eigenvalue weighted by atomic mass is 9.47. The molecule has 1 spiro atoms. The number of hydrogen-bond acceptors (Lipinski definition) is 21. The lowest BCUT2D eigenvalue weighted by Crippen LogP contribution is -2.67. The van der Waals surface area contributed by atoms with E-state index in [1.54, 1.807) is 0 Å². The van der Waals surface area contributed by atoms with Crippen molar-refractivity contribution in [1.82, 2.24) is 0 Å². The first-order valence-electron chi connectivity index (χ1n) is 25.9. The van der Waals surface area contributed by atoms with Gasteiger partial charge in [-0.15, -0.1) is 0 Å². The van der Waals surface area contributed by atoms with Gasteiger partial charge in [-0.3, -0.25) is 9.59 Å². The second-order valence-corrected chi connectivity index (χ2v) is 23.7. The molecule has 3 saturated carbocycles. The lowest BCUT2D eigenvalue weighted by molar-refractivity contribution is -0.389. The van der Waals surface area contributed by atoms with Crippen molar-refractivity contribution < 1.29 is 108 Å². The fraction of sp³-hybridized carbons (Fsp3) is 0.920. The molecular formula is C50H78O22. The predicted octanol–water partition coefficient (Wildman–Crippen LogP) is -0.750. The molecule has 9 aliphatic rings. The molecule has 4 aliphatic carbocycles. The van der Waals surface area contributed by atoms with Gasteiger partial charge in [-0.1, -0.05) is 25.5 Å². The minimum Gasteiger partial charge on any atom is -0.481 e. The molecule has 0 radical (unpaired) electrons. The van der Waals surface area contributed by atoms with E-state index < -0.39 is 153 Å². The molecule has 0 aromatic carbocycles. The number of aliphatic carboxylic acids is 1. The molecule has 26 atom stereocenters. The molecule has 0 unspecified atom stereocenters. The number of ether oxygens (including phenoxy) is 9. The zero-order valence-electron chi connectivity index (χ0n) is 41.7. The monoisotopic (exact) mass is 1030 g/mol. The molecule has 0 bridgehead atoms. The van der Waals surface area contributed by atoms with E-state index in [1.807, 2.05) is 6.92 Å². The van der Waals surface area contributed by atoms with Crippen LogP contribution in [0.3, 0.4) is 0 Å². The number of hydrogen-bond donors (Lipinski definition) is 11. The zero-order valence-corrected chi connectivity index (χ0v) is 41.7. The summed E-state index contributed by atoms with van der Waals surface area (Å²) in [6.07, 6.45) is -14.8. The summed E-state index contributed by atoms with van der Waals surface area (Å²) in [6, 6.07) is 0. The Morgan fingerprint density at radius 3 is 2.10 bits per heavy atom. The van der Waals surface area contributed by atoms with Crippen LogP contribution < -0.4 is 0 Å². The van der Waals surface area contributed by atoms with Gasteiger partial charge in [0.15, 0.2) is 24.7 Å². The topological polar surface area (TPSA) is 340 Å². The van der Waals surface area contributed by atoms with Crippen molar-refractivity contribution >= 4 is 11.9 Å². The predicted molar refractivity (Wildman–Crippen MR) is 242 cm³/mol. The summed E-state index contributed by atoms with van der Waals surface area (Å²) in [5, 5.41) is 115. The minimum absolute atomic E-state index is 0.0136. The second kappa shape index (κ2) is 20.4. The number of carbonyl (C=O) groups excluding carboxylic acids is 1. The Morgan fingerprint density at radius 2 is 1.40 bits per heavy atom. The average Bonchev–Trinajstić information content (AvgIpc) is 3.95. The van der Waals surface area contributed by atoms with Crippen molar-refractivity contribution in [2.45, 2.75) is 233 Å². The van der Waals surface area contributed by atoms with Crippen LogP contribution in [-0.2, 0) is 52.2 Å². The normalized spacial score (nSPS) is 51.9. The third-order valence-corrected chi connectivity index (χ3v) is 18.6. The molecule has 8 fully saturated rings. The molecule has 72 heavy (non-hydrogen) atoms. The molecular weight excluding hydrogens is 953 g/mol.